The molecule has 0 radical (unpaired) electrons. The number of carbonyl (C=O) groups is 1. The zero-order chi connectivity index (χ0) is 22.8. The molecule has 0 aliphatic rings. The molecule has 31 heavy (non-hydrogen) atoms. The van der Waals surface area contributed by atoms with Crippen LogP contribution in [0.4, 0.5) is 0 Å². The highest BCUT2D eigenvalue weighted by molar-refractivity contribution is 9.11. The number of phenols is 1. The molecule has 1 N–H and O–H groups in total. The topological polar surface area (TPSA) is 71.4 Å². The second kappa shape index (κ2) is 10.1. The van der Waals surface area contributed by atoms with E-state index in [9.17, 15) is 18.3 Å². The second-order valence-electron chi connectivity index (χ2n) is 6.54. The average molecular weight is 694 g/mol. The maximum atomic E-state index is 13.3. The van der Waals surface area contributed by atoms with E-state index in [4.69, 9.17) is 0 Å². The van der Waals surface area contributed by atoms with Crippen LogP contribution in [0.25, 0.3) is 5.57 Å². The van der Waals surface area contributed by atoms with Crippen LogP contribution in [0, 0.1) is 0 Å². The van der Waals surface area contributed by atoms with E-state index in [1.54, 1.807) is 60.7 Å². The van der Waals surface area contributed by atoms with Gasteiger partial charge in [0.05, 0.1) is 14.7 Å². The van der Waals surface area contributed by atoms with E-state index >= 15 is 0 Å². The first-order chi connectivity index (χ1) is 14.6. The molecule has 0 saturated heterocycles. The molecule has 0 amide bonds. The fourth-order valence-corrected chi connectivity index (χ4v) is 6.14. The number of sulfone groups is 1. The number of hydrogen-bond acceptors (Lipinski definition) is 4. The normalized spacial score (nSPS) is 12.4. The molecule has 0 aliphatic carbocycles. The Bertz CT molecular complexity index is 1240. The number of aldehydes is 1. The molecule has 160 valence electrons. The Hall–Kier alpha value is -1.26. The van der Waals surface area contributed by atoms with Crippen LogP contribution in [0.1, 0.15) is 16.7 Å². The quantitative estimate of drug-likeness (QED) is 0.223. The Kier molecular flexibility index (Phi) is 7.96. The molecule has 0 atom stereocenters. The van der Waals surface area contributed by atoms with Gasteiger partial charge in [0.15, 0.2) is 16.1 Å². The minimum Gasteiger partial charge on any atom is -0.506 e. The number of hydrogen-bond donors (Lipinski definition) is 1. The number of aromatic hydroxyl groups is 1. The average Bonchev–Trinajstić information content (AvgIpc) is 2.72. The van der Waals surface area contributed by atoms with Crippen LogP contribution in [0.3, 0.4) is 0 Å². The Morgan fingerprint density at radius 1 is 0.806 bits per heavy atom. The predicted octanol–water partition coefficient (Wildman–Crippen LogP) is 7.02. The molecule has 0 bridgehead atoms. The van der Waals surface area contributed by atoms with Crippen molar-refractivity contribution in [3.05, 3.63) is 100 Å². The lowest BCUT2D eigenvalue weighted by Gasteiger charge is -2.15. The molecule has 0 aromatic heterocycles. The molecule has 3 rings (SSSR count). The maximum Gasteiger partial charge on any atom is 0.186 e. The van der Waals surface area contributed by atoms with E-state index in [2.05, 4.69) is 63.7 Å². The zero-order valence-corrected chi connectivity index (χ0v) is 22.8. The van der Waals surface area contributed by atoms with Gasteiger partial charge in [-0.15, -0.1) is 0 Å². The summed E-state index contributed by atoms with van der Waals surface area (Å²) in [6.07, 6.45) is 0.375. The summed E-state index contributed by atoms with van der Waals surface area (Å²) >= 11 is 13.3. The van der Waals surface area contributed by atoms with Crippen molar-refractivity contribution in [2.45, 2.75) is 5.75 Å². The highest BCUT2D eigenvalue weighted by Gasteiger charge is 2.25. The summed E-state index contributed by atoms with van der Waals surface area (Å²) in [6.45, 7) is 0. The molecule has 0 saturated carbocycles. The minimum atomic E-state index is -3.99. The lowest BCUT2D eigenvalue weighted by atomic mass is 9.97. The predicted molar refractivity (Wildman–Crippen MR) is 137 cm³/mol. The monoisotopic (exact) mass is 690 g/mol. The van der Waals surface area contributed by atoms with Crippen LogP contribution >= 0.6 is 63.7 Å². The Balaban J connectivity index is 2.27. The zero-order valence-electron chi connectivity index (χ0n) is 15.7. The molecule has 0 fully saturated rings. The highest BCUT2D eigenvalue weighted by Crippen LogP contribution is 2.39. The fraction of sp³-hybridized carbons (Fsp3) is 0.0455. The van der Waals surface area contributed by atoms with E-state index in [-0.39, 0.29) is 22.0 Å². The van der Waals surface area contributed by atoms with Crippen LogP contribution in [0.2, 0.25) is 0 Å². The van der Waals surface area contributed by atoms with Gasteiger partial charge in [0.1, 0.15) is 10.7 Å². The molecule has 3 aromatic rings. The number of benzene rings is 3. The van der Waals surface area contributed by atoms with Crippen molar-refractivity contribution in [3.8, 4) is 5.75 Å². The third kappa shape index (κ3) is 5.76. The van der Waals surface area contributed by atoms with Gasteiger partial charge in [-0.1, -0.05) is 56.1 Å². The van der Waals surface area contributed by atoms with E-state index in [0.29, 0.717) is 31.9 Å². The van der Waals surface area contributed by atoms with Crippen molar-refractivity contribution in [1.82, 2.24) is 0 Å². The van der Waals surface area contributed by atoms with Gasteiger partial charge in [-0.05, 0) is 84.9 Å². The molecule has 0 unspecified atom stereocenters. The first-order valence-corrected chi connectivity index (χ1v) is 13.6. The largest absolute Gasteiger partial charge is 0.506 e. The van der Waals surface area contributed by atoms with E-state index in [1.807, 2.05) is 0 Å². The molecule has 0 heterocycles. The summed E-state index contributed by atoms with van der Waals surface area (Å²) in [6, 6.07) is 17.0. The summed E-state index contributed by atoms with van der Waals surface area (Å²) in [5.41, 5.74) is 1.82. The molecular weight excluding hydrogens is 680 g/mol. The molecule has 0 spiro atoms. The van der Waals surface area contributed by atoms with Crippen LogP contribution in [0.15, 0.2) is 83.5 Å². The van der Waals surface area contributed by atoms with Crippen molar-refractivity contribution in [1.29, 1.82) is 0 Å². The van der Waals surface area contributed by atoms with Crippen molar-refractivity contribution in [2.24, 2.45) is 0 Å². The van der Waals surface area contributed by atoms with E-state index < -0.39 is 9.84 Å². The van der Waals surface area contributed by atoms with Crippen LogP contribution in [-0.2, 0) is 20.4 Å². The summed E-state index contributed by atoms with van der Waals surface area (Å²) in [5.74, 6) is -0.348. The highest BCUT2D eigenvalue weighted by atomic mass is 79.9. The van der Waals surface area contributed by atoms with Gasteiger partial charge in [-0.3, -0.25) is 4.79 Å². The van der Waals surface area contributed by atoms with Crippen LogP contribution in [-0.4, -0.2) is 19.8 Å². The van der Waals surface area contributed by atoms with Crippen molar-refractivity contribution in [3.63, 3.8) is 0 Å². The lowest BCUT2D eigenvalue weighted by Crippen LogP contribution is -2.12. The van der Waals surface area contributed by atoms with Crippen LogP contribution < -0.4 is 0 Å². The number of phenolic OH excluding ortho intramolecular Hbond substituents is 1. The third-order valence-electron chi connectivity index (χ3n) is 4.40. The first-order valence-electron chi connectivity index (χ1n) is 8.73. The summed E-state index contributed by atoms with van der Waals surface area (Å²) in [4.78, 5) is 11.8. The number of rotatable bonds is 6. The minimum absolute atomic E-state index is 0.0238. The van der Waals surface area contributed by atoms with E-state index in [1.165, 1.54) is 0 Å². The van der Waals surface area contributed by atoms with Gasteiger partial charge in [0.2, 0.25) is 0 Å². The SMILES string of the molecule is O=C/C(=C(\c1ccc(Br)cc1)c1cc(Br)c(O)c(Br)c1)S(=O)(=O)Cc1ccc(Br)cc1. The van der Waals surface area contributed by atoms with Gasteiger partial charge in [0.25, 0.3) is 0 Å². The number of halogens is 4. The molecule has 9 heteroatoms. The maximum absolute atomic E-state index is 13.3. The van der Waals surface area contributed by atoms with E-state index in [0.717, 1.165) is 8.95 Å². The molecule has 0 aliphatic heterocycles. The Labute approximate surface area is 213 Å². The smallest absolute Gasteiger partial charge is 0.186 e. The van der Waals surface area contributed by atoms with Crippen LogP contribution in [0.5, 0.6) is 5.75 Å². The Morgan fingerprint density at radius 3 is 1.77 bits per heavy atom. The summed E-state index contributed by atoms with van der Waals surface area (Å²) < 4.78 is 29.0. The standard InChI is InChI=1S/C22H14Br4O4S/c23-16-5-1-13(2-6-16)12-31(29,30)20(11-27)21(14-3-7-17(24)8-4-14)15-9-18(25)22(28)19(26)10-15/h1-11,28H,12H2/b21-20-. The summed E-state index contributed by atoms with van der Waals surface area (Å²) in [5, 5.41) is 10.1. The second-order valence-corrected chi connectivity index (χ2v) is 12.0. The van der Waals surface area contributed by atoms with Gasteiger partial charge in [-0.25, -0.2) is 8.42 Å². The number of carbonyl (C=O) groups excluding carboxylic acids is 1. The lowest BCUT2D eigenvalue weighted by molar-refractivity contribution is -0.104. The molecule has 3 aromatic carbocycles. The van der Waals surface area contributed by atoms with Gasteiger partial charge in [0, 0.05) is 14.5 Å². The third-order valence-corrected chi connectivity index (χ3v) is 8.35. The fourth-order valence-electron chi connectivity index (χ4n) is 2.94. The summed E-state index contributed by atoms with van der Waals surface area (Å²) in [7, 11) is -3.99. The first kappa shape index (κ1) is 24.4. The van der Waals surface area contributed by atoms with Gasteiger partial charge < -0.3 is 5.11 Å². The Morgan fingerprint density at radius 2 is 1.29 bits per heavy atom. The van der Waals surface area contributed by atoms with Crippen molar-refractivity contribution in [2.75, 3.05) is 0 Å². The van der Waals surface area contributed by atoms with Crippen molar-refractivity contribution < 1.29 is 18.3 Å². The molecule has 4 nitrogen and oxygen atoms in total. The van der Waals surface area contributed by atoms with Gasteiger partial charge in [-0.2, -0.15) is 0 Å². The number of allylic oxidation sites excluding steroid dienone is 1. The van der Waals surface area contributed by atoms with Crippen molar-refractivity contribution >= 4 is 85.4 Å². The molecular formula is C22H14Br4O4S. The van der Waals surface area contributed by atoms with Gasteiger partial charge >= 0.3 is 0 Å².